The zero-order chi connectivity index (χ0) is 20.5. The SMILES string of the molecule is CCc1ccccc1Nc1nc(N)nc(CSc2n[nH]c3nc4ccccc4n23)n1. The summed E-state index contributed by atoms with van der Waals surface area (Å²) in [6, 6.07) is 16.0. The first-order chi connectivity index (χ1) is 14.7. The van der Waals surface area contributed by atoms with Crippen LogP contribution in [0.5, 0.6) is 0 Å². The lowest BCUT2D eigenvalue weighted by Crippen LogP contribution is -2.07. The van der Waals surface area contributed by atoms with Crippen LogP contribution in [0.2, 0.25) is 0 Å². The van der Waals surface area contributed by atoms with E-state index in [2.05, 4.69) is 48.4 Å². The van der Waals surface area contributed by atoms with E-state index in [-0.39, 0.29) is 5.95 Å². The van der Waals surface area contributed by atoms with Gasteiger partial charge in [-0.15, -0.1) is 5.10 Å². The van der Waals surface area contributed by atoms with E-state index in [0.717, 1.165) is 28.3 Å². The van der Waals surface area contributed by atoms with Crippen LogP contribution in [0.25, 0.3) is 16.8 Å². The first kappa shape index (κ1) is 18.4. The highest BCUT2D eigenvalue weighted by atomic mass is 32.2. The third-order valence-electron chi connectivity index (χ3n) is 4.68. The molecule has 5 rings (SSSR count). The average molecular weight is 418 g/mol. The summed E-state index contributed by atoms with van der Waals surface area (Å²) >= 11 is 1.50. The average Bonchev–Trinajstić information content (AvgIpc) is 3.31. The summed E-state index contributed by atoms with van der Waals surface area (Å²) in [6.07, 6.45) is 0.903. The van der Waals surface area contributed by atoms with E-state index in [0.29, 0.717) is 23.3 Å². The number of aromatic nitrogens is 7. The molecule has 0 aliphatic rings. The first-order valence-corrected chi connectivity index (χ1v) is 10.5. The van der Waals surface area contributed by atoms with Crippen LogP contribution in [0.15, 0.2) is 53.7 Å². The third-order valence-corrected chi connectivity index (χ3v) is 5.61. The number of nitrogen functional groups attached to an aromatic ring is 1. The lowest BCUT2D eigenvalue weighted by molar-refractivity contribution is 0.931. The Bertz CT molecular complexity index is 1340. The number of aromatic amines is 1. The number of hydrogen-bond acceptors (Lipinski definition) is 8. The second-order valence-electron chi connectivity index (χ2n) is 6.62. The number of rotatable bonds is 6. The Hall–Kier alpha value is -3.66. The number of H-pyrrole nitrogens is 1. The molecule has 2 aromatic carbocycles. The van der Waals surface area contributed by atoms with Gasteiger partial charge in [-0.1, -0.05) is 49.0 Å². The van der Waals surface area contributed by atoms with Crippen molar-refractivity contribution in [3.63, 3.8) is 0 Å². The second kappa shape index (κ2) is 7.64. The van der Waals surface area contributed by atoms with Gasteiger partial charge in [0.15, 0.2) is 5.16 Å². The fourth-order valence-electron chi connectivity index (χ4n) is 3.30. The molecule has 5 aromatic rings. The topological polar surface area (TPSA) is 123 Å². The maximum Gasteiger partial charge on any atom is 0.232 e. The number of nitrogens with two attached hydrogens (primary N) is 1. The highest BCUT2D eigenvalue weighted by Crippen LogP contribution is 2.25. The van der Waals surface area contributed by atoms with Gasteiger partial charge in [0.25, 0.3) is 0 Å². The largest absolute Gasteiger partial charge is 0.368 e. The van der Waals surface area contributed by atoms with Gasteiger partial charge < -0.3 is 11.1 Å². The van der Waals surface area contributed by atoms with Gasteiger partial charge in [0, 0.05) is 5.69 Å². The Morgan fingerprint density at radius 2 is 1.87 bits per heavy atom. The maximum atomic E-state index is 5.93. The quantitative estimate of drug-likeness (QED) is 0.358. The molecule has 0 unspecified atom stereocenters. The summed E-state index contributed by atoms with van der Waals surface area (Å²) in [4.78, 5) is 17.6. The molecular formula is C20H19N9S. The van der Waals surface area contributed by atoms with Gasteiger partial charge in [0.2, 0.25) is 17.7 Å². The lowest BCUT2D eigenvalue weighted by atomic mass is 10.1. The molecule has 30 heavy (non-hydrogen) atoms. The molecule has 0 aliphatic heterocycles. The standard InChI is InChI=1S/C20H19N9S/c1-2-12-7-3-4-8-13(12)22-18-25-16(24-17(21)26-18)11-30-20-28-27-19-23-14-9-5-6-10-15(14)29(19)20/h3-10H,2,11H2,1H3,(H,23,27)(H3,21,22,24,25,26). The summed E-state index contributed by atoms with van der Waals surface area (Å²) in [5, 5.41) is 11.4. The van der Waals surface area contributed by atoms with E-state index >= 15 is 0 Å². The number of fused-ring (bicyclic) bond motifs is 3. The molecule has 0 atom stereocenters. The predicted octanol–water partition coefficient (Wildman–Crippen LogP) is 3.58. The zero-order valence-electron chi connectivity index (χ0n) is 16.2. The van der Waals surface area contributed by atoms with E-state index in [1.54, 1.807) is 0 Å². The minimum Gasteiger partial charge on any atom is -0.368 e. The van der Waals surface area contributed by atoms with Crippen LogP contribution in [-0.2, 0) is 12.2 Å². The number of anilines is 3. The van der Waals surface area contributed by atoms with Crippen molar-refractivity contribution in [1.82, 2.24) is 34.5 Å². The smallest absolute Gasteiger partial charge is 0.232 e. The summed E-state index contributed by atoms with van der Waals surface area (Å²) in [5.74, 6) is 2.37. The van der Waals surface area contributed by atoms with Crippen LogP contribution < -0.4 is 11.1 Å². The molecule has 0 saturated carbocycles. The molecule has 3 aromatic heterocycles. The van der Waals surface area contributed by atoms with Crippen LogP contribution >= 0.6 is 11.8 Å². The minimum absolute atomic E-state index is 0.178. The molecule has 0 fully saturated rings. The van der Waals surface area contributed by atoms with Crippen molar-refractivity contribution < 1.29 is 0 Å². The number of nitrogens with one attached hydrogen (secondary N) is 2. The first-order valence-electron chi connectivity index (χ1n) is 9.51. The molecule has 9 nitrogen and oxygen atoms in total. The number of nitrogens with zero attached hydrogens (tertiary/aromatic N) is 6. The van der Waals surface area contributed by atoms with Crippen LogP contribution in [0, 0.1) is 0 Å². The van der Waals surface area contributed by atoms with Gasteiger partial charge in [-0.25, -0.2) is 10.1 Å². The number of hydrogen-bond donors (Lipinski definition) is 3. The molecule has 0 spiro atoms. The van der Waals surface area contributed by atoms with Gasteiger partial charge >= 0.3 is 0 Å². The van der Waals surface area contributed by atoms with E-state index in [1.807, 2.05) is 46.9 Å². The normalized spacial score (nSPS) is 11.4. The van der Waals surface area contributed by atoms with E-state index < -0.39 is 0 Å². The Morgan fingerprint density at radius 1 is 1.03 bits per heavy atom. The molecular weight excluding hydrogens is 398 g/mol. The molecule has 0 aliphatic carbocycles. The Morgan fingerprint density at radius 3 is 2.77 bits per heavy atom. The number of imidazole rings is 1. The van der Waals surface area contributed by atoms with Crippen molar-refractivity contribution in [3.8, 4) is 0 Å². The van der Waals surface area contributed by atoms with Crippen LogP contribution in [-0.4, -0.2) is 34.5 Å². The highest BCUT2D eigenvalue weighted by Gasteiger charge is 2.14. The van der Waals surface area contributed by atoms with Crippen LogP contribution in [0.4, 0.5) is 17.6 Å². The zero-order valence-corrected chi connectivity index (χ0v) is 17.0. The molecule has 0 saturated heterocycles. The van der Waals surface area contributed by atoms with Crippen molar-refractivity contribution in [2.75, 3.05) is 11.1 Å². The lowest BCUT2D eigenvalue weighted by Gasteiger charge is -2.10. The van der Waals surface area contributed by atoms with Gasteiger partial charge in [0.05, 0.1) is 16.8 Å². The molecule has 3 heterocycles. The Labute approximate surface area is 176 Å². The van der Waals surface area contributed by atoms with Crippen molar-refractivity contribution in [2.45, 2.75) is 24.3 Å². The second-order valence-corrected chi connectivity index (χ2v) is 7.57. The van der Waals surface area contributed by atoms with E-state index in [1.165, 1.54) is 17.3 Å². The number of para-hydroxylation sites is 3. The molecule has 0 bridgehead atoms. The summed E-state index contributed by atoms with van der Waals surface area (Å²) in [5.41, 5.74) is 9.99. The minimum atomic E-state index is 0.178. The number of aryl methyl sites for hydroxylation is 1. The van der Waals surface area contributed by atoms with Gasteiger partial charge in [0.1, 0.15) is 5.82 Å². The van der Waals surface area contributed by atoms with Gasteiger partial charge in [-0.05, 0) is 30.2 Å². The monoisotopic (exact) mass is 417 g/mol. The van der Waals surface area contributed by atoms with Gasteiger partial charge in [-0.3, -0.25) is 4.40 Å². The van der Waals surface area contributed by atoms with E-state index in [4.69, 9.17) is 5.73 Å². The van der Waals surface area contributed by atoms with Gasteiger partial charge in [-0.2, -0.15) is 15.0 Å². The fourth-order valence-corrected chi connectivity index (χ4v) is 4.11. The molecule has 0 amide bonds. The van der Waals surface area contributed by atoms with Crippen molar-refractivity contribution in [2.24, 2.45) is 0 Å². The van der Waals surface area contributed by atoms with E-state index in [9.17, 15) is 0 Å². The highest BCUT2D eigenvalue weighted by molar-refractivity contribution is 7.98. The molecule has 10 heteroatoms. The summed E-state index contributed by atoms with van der Waals surface area (Å²) in [6.45, 7) is 2.11. The van der Waals surface area contributed by atoms with Crippen molar-refractivity contribution in [3.05, 3.63) is 59.9 Å². The van der Waals surface area contributed by atoms with Crippen molar-refractivity contribution >= 4 is 46.2 Å². The fraction of sp³-hybridized carbons (Fsp3) is 0.150. The van der Waals surface area contributed by atoms with Crippen LogP contribution in [0.1, 0.15) is 18.3 Å². The maximum absolute atomic E-state index is 5.93. The number of benzene rings is 2. The summed E-state index contributed by atoms with van der Waals surface area (Å²) in [7, 11) is 0. The van der Waals surface area contributed by atoms with Crippen LogP contribution in [0.3, 0.4) is 0 Å². The molecule has 150 valence electrons. The third kappa shape index (κ3) is 3.41. The predicted molar refractivity (Wildman–Crippen MR) is 118 cm³/mol. The summed E-state index contributed by atoms with van der Waals surface area (Å²) < 4.78 is 1.99. The molecule has 0 radical (unpaired) electrons. The Kier molecular flexibility index (Phi) is 4.68. The Balaban J connectivity index is 1.40. The molecule has 4 N–H and O–H groups in total. The van der Waals surface area contributed by atoms with Crippen molar-refractivity contribution in [1.29, 1.82) is 0 Å². The number of thioether (sulfide) groups is 1.